The molecule has 1 aliphatic heterocycles. The zero-order chi connectivity index (χ0) is 18.0. The number of carbonyl (C=O) groups is 3. The van der Waals surface area contributed by atoms with E-state index in [1.165, 1.54) is 4.90 Å². The molecule has 23 heavy (non-hydrogen) atoms. The second-order valence-corrected chi connectivity index (χ2v) is 7.73. The van der Waals surface area contributed by atoms with Crippen LogP contribution in [0.25, 0.3) is 0 Å². The first kappa shape index (κ1) is 19.6. The molecule has 7 nitrogen and oxygen atoms in total. The lowest BCUT2D eigenvalue weighted by Gasteiger charge is -2.30. The van der Waals surface area contributed by atoms with Gasteiger partial charge >= 0.3 is 6.09 Å². The van der Waals surface area contributed by atoms with E-state index in [4.69, 9.17) is 9.47 Å². The normalized spacial score (nSPS) is 23.5. The largest absolute Gasteiger partial charge is 0.444 e. The Morgan fingerprint density at radius 3 is 2.17 bits per heavy atom. The van der Waals surface area contributed by atoms with Gasteiger partial charge in [0.05, 0.1) is 24.3 Å². The number of aldehydes is 1. The van der Waals surface area contributed by atoms with Crippen molar-refractivity contribution < 1.29 is 29.0 Å². The van der Waals surface area contributed by atoms with Gasteiger partial charge in [0.15, 0.2) is 18.2 Å². The smallest absolute Gasteiger partial charge is 0.410 e. The molecule has 132 valence electrons. The fourth-order valence-corrected chi connectivity index (χ4v) is 2.33. The van der Waals surface area contributed by atoms with Crippen molar-refractivity contribution >= 4 is 18.2 Å². The first-order chi connectivity index (χ1) is 10.3. The highest BCUT2D eigenvalue weighted by Gasteiger charge is 2.43. The molecule has 1 N–H and O–H groups in total. The van der Waals surface area contributed by atoms with Crippen LogP contribution < -0.4 is 0 Å². The standard InChI is InChI=1S/C16H27NO6/c1-15(2,3)22-12(9-18)13(20)11-7-10(19)8-17(11)14(21)23-16(4,5)6/h9-12,19H,7-8H2,1-6H3/t10-,11+,12?/m1/s1. The highest BCUT2D eigenvalue weighted by atomic mass is 16.6. The van der Waals surface area contributed by atoms with E-state index >= 15 is 0 Å². The Hall–Kier alpha value is -1.47. The fraction of sp³-hybridized carbons (Fsp3) is 0.812. The van der Waals surface area contributed by atoms with Crippen LogP contribution in [0.1, 0.15) is 48.0 Å². The summed E-state index contributed by atoms with van der Waals surface area (Å²) < 4.78 is 10.7. The predicted octanol–water partition coefficient (Wildman–Crippen LogP) is 1.31. The van der Waals surface area contributed by atoms with Crippen LogP contribution in [-0.2, 0) is 19.1 Å². The third kappa shape index (κ3) is 5.91. The van der Waals surface area contributed by atoms with Crippen LogP contribution in [-0.4, -0.2) is 64.2 Å². The lowest BCUT2D eigenvalue weighted by molar-refractivity contribution is -0.149. The first-order valence-corrected chi connectivity index (χ1v) is 7.68. The van der Waals surface area contributed by atoms with Gasteiger partial charge in [-0.15, -0.1) is 0 Å². The third-order valence-corrected chi connectivity index (χ3v) is 3.12. The molecular weight excluding hydrogens is 302 g/mol. The van der Waals surface area contributed by atoms with E-state index in [-0.39, 0.29) is 13.0 Å². The zero-order valence-electron chi connectivity index (χ0n) is 14.7. The van der Waals surface area contributed by atoms with Crippen molar-refractivity contribution in [2.45, 2.75) is 77.4 Å². The molecule has 0 aliphatic carbocycles. The lowest BCUT2D eigenvalue weighted by atomic mass is 10.0. The molecule has 0 aromatic heterocycles. The van der Waals surface area contributed by atoms with Crippen molar-refractivity contribution in [1.82, 2.24) is 4.90 Å². The van der Waals surface area contributed by atoms with Crippen LogP contribution in [0.3, 0.4) is 0 Å². The summed E-state index contributed by atoms with van der Waals surface area (Å²) in [5.74, 6) is -0.544. The molecule has 0 aromatic carbocycles. The van der Waals surface area contributed by atoms with Crippen molar-refractivity contribution in [3.05, 3.63) is 0 Å². The van der Waals surface area contributed by atoms with Crippen molar-refractivity contribution in [2.24, 2.45) is 0 Å². The van der Waals surface area contributed by atoms with Gasteiger partial charge in [-0.2, -0.15) is 0 Å². The van der Waals surface area contributed by atoms with E-state index in [1.54, 1.807) is 41.5 Å². The summed E-state index contributed by atoms with van der Waals surface area (Å²) in [4.78, 5) is 37.2. The molecule has 1 saturated heterocycles. The number of hydrogen-bond donors (Lipinski definition) is 1. The molecule has 0 bridgehead atoms. The van der Waals surface area contributed by atoms with Gasteiger partial charge in [-0.1, -0.05) is 0 Å². The van der Waals surface area contributed by atoms with Crippen molar-refractivity contribution in [2.75, 3.05) is 6.54 Å². The minimum atomic E-state index is -1.28. The Morgan fingerprint density at radius 2 is 1.74 bits per heavy atom. The summed E-state index contributed by atoms with van der Waals surface area (Å²) in [7, 11) is 0. The average Bonchev–Trinajstić information content (AvgIpc) is 2.74. The number of aliphatic hydroxyl groups excluding tert-OH is 1. The lowest BCUT2D eigenvalue weighted by Crippen LogP contribution is -2.48. The summed E-state index contributed by atoms with van der Waals surface area (Å²) in [6.07, 6.45) is -2.32. The van der Waals surface area contributed by atoms with Gasteiger partial charge in [-0.05, 0) is 41.5 Å². The Labute approximate surface area is 136 Å². The third-order valence-electron chi connectivity index (χ3n) is 3.12. The highest BCUT2D eigenvalue weighted by molar-refractivity contribution is 6.01. The number of ether oxygens (including phenoxy) is 2. The molecule has 0 saturated carbocycles. The summed E-state index contributed by atoms with van der Waals surface area (Å²) in [6.45, 7) is 10.3. The summed E-state index contributed by atoms with van der Waals surface area (Å²) >= 11 is 0. The van der Waals surface area contributed by atoms with E-state index in [0.717, 1.165) is 0 Å². The summed E-state index contributed by atoms with van der Waals surface area (Å²) in [5, 5.41) is 9.82. The van der Waals surface area contributed by atoms with E-state index in [2.05, 4.69) is 0 Å². The van der Waals surface area contributed by atoms with Crippen LogP contribution >= 0.6 is 0 Å². The van der Waals surface area contributed by atoms with E-state index in [0.29, 0.717) is 6.29 Å². The monoisotopic (exact) mass is 329 g/mol. The molecule has 0 aromatic rings. The second kappa shape index (κ2) is 6.97. The minimum absolute atomic E-state index is 0.00752. The molecule has 1 unspecified atom stereocenters. The maximum Gasteiger partial charge on any atom is 0.410 e. The van der Waals surface area contributed by atoms with Gasteiger partial charge in [0, 0.05) is 6.42 Å². The number of carbonyl (C=O) groups excluding carboxylic acids is 3. The Kier molecular flexibility index (Phi) is 5.93. The minimum Gasteiger partial charge on any atom is -0.444 e. The molecule has 0 spiro atoms. The number of Topliss-reactive ketones (excluding diaryl/α,β-unsaturated/α-hetero) is 1. The first-order valence-electron chi connectivity index (χ1n) is 7.68. The number of aliphatic hydroxyl groups is 1. The summed E-state index contributed by atoms with van der Waals surface area (Å²) in [5.41, 5.74) is -1.40. The Bertz CT molecular complexity index is 462. The van der Waals surface area contributed by atoms with Crippen LogP contribution in [0.5, 0.6) is 0 Å². The topological polar surface area (TPSA) is 93.1 Å². The van der Waals surface area contributed by atoms with Gasteiger partial charge in [-0.25, -0.2) is 4.79 Å². The number of ketones is 1. The highest BCUT2D eigenvalue weighted by Crippen LogP contribution is 2.24. The molecular formula is C16H27NO6. The van der Waals surface area contributed by atoms with E-state index in [9.17, 15) is 19.5 Å². The van der Waals surface area contributed by atoms with Crippen LogP contribution in [0.15, 0.2) is 0 Å². The number of amides is 1. The molecule has 1 rings (SSSR count). The number of nitrogens with zero attached hydrogens (tertiary/aromatic N) is 1. The second-order valence-electron chi connectivity index (χ2n) is 7.73. The molecule has 1 amide bonds. The van der Waals surface area contributed by atoms with E-state index < -0.39 is 41.3 Å². The quantitative estimate of drug-likeness (QED) is 0.617. The van der Waals surface area contributed by atoms with Crippen LogP contribution in [0.4, 0.5) is 4.79 Å². The average molecular weight is 329 g/mol. The van der Waals surface area contributed by atoms with Gasteiger partial charge < -0.3 is 14.6 Å². The molecule has 3 atom stereocenters. The summed E-state index contributed by atoms with van der Waals surface area (Å²) in [6, 6.07) is -0.933. The van der Waals surface area contributed by atoms with Crippen molar-refractivity contribution in [1.29, 1.82) is 0 Å². The molecule has 1 aliphatic rings. The molecule has 1 fully saturated rings. The Morgan fingerprint density at radius 1 is 1.17 bits per heavy atom. The fourth-order valence-electron chi connectivity index (χ4n) is 2.33. The molecule has 1 heterocycles. The van der Waals surface area contributed by atoms with Crippen molar-refractivity contribution in [3.63, 3.8) is 0 Å². The van der Waals surface area contributed by atoms with Gasteiger partial charge in [0.25, 0.3) is 0 Å². The maximum atomic E-state index is 12.6. The number of β-amino-alcohol motifs (C(OH)–C–C–N with tert-alkyl or cyclic N) is 1. The molecule has 0 radical (unpaired) electrons. The van der Waals surface area contributed by atoms with Gasteiger partial charge in [0.2, 0.25) is 0 Å². The predicted molar refractivity (Wildman–Crippen MR) is 83.0 cm³/mol. The van der Waals surface area contributed by atoms with Gasteiger partial charge in [-0.3, -0.25) is 14.5 Å². The van der Waals surface area contributed by atoms with Gasteiger partial charge in [0.1, 0.15) is 5.60 Å². The van der Waals surface area contributed by atoms with Crippen LogP contribution in [0, 0.1) is 0 Å². The number of rotatable bonds is 4. The van der Waals surface area contributed by atoms with Crippen LogP contribution in [0.2, 0.25) is 0 Å². The van der Waals surface area contributed by atoms with Crippen molar-refractivity contribution in [3.8, 4) is 0 Å². The maximum absolute atomic E-state index is 12.6. The number of hydrogen-bond acceptors (Lipinski definition) is 6. The SMILES string of the molecule is CC(C)(C)OC(=O)N1C[C@H](O)C[C@H]1C(=O)C(C=O)OC(C)(C)C. The Balaban J connectivity index is 2.91. The number of likely N-dealkylation sites (tertiary alicyclic amines) is 1. The van der Waals surface area contributed by atoms with E-state index in [1.807, 2.05) is 0 Å². The zero-order valence-corrected chi connectivity index (χ0v) is 14.7. The molecule has 7 heteroatoms.